The molecule has 11 heteroatoms. The molecule has 0 spiro atoms. The Labute approximate surface area is 202 Å². The van der Waals surface area contributed by atoms with Crippen molar-refractivity contribution in [3.63, 3.8) is 0 Å². The first-order valence-electron chi connectivity index (χ1n) is 9.43. The summed E-state index contributed by atoms with van der Waals surface area (Å²) in [6, 6.07) is 13.7. The molecule has 0 aliphatic heterocycles. The molecule has 0 amide bonds. The van der Waals surface area contributed by atoms with E-state index in [0.717, 1.165) is 11.1 Å². The molecule has 0 fully saturated rings. The second-order valence-corrected chi connectivity index (χ2v) is 8.53. The second-order valence-electron chi connectivity index (χ2n) is 7.14. The monoisotopic (exact) mass is 516 g/mol. The standard InChI is InChI=1S/C22H21N4O5S.Cu/c1-13-8-9-17(19(27)12-13)23-25-22(16-6-4-5-7-20(16)32(29,30)31)26-24-18-11-14(2)10-15(3)21(18)28;/h4-12H,1-3H3,(H3-,23,24,25,26,27,28,29,30,31);/q-1;+1. The zero-order chi connectivity index (χ0) is 23.5. The van der Waals surface area contributed by atoms with E-state index in [4.69, 9.17) is 0 Å². The fourth-order valence-electron chi connectivity index (χ4n) is 2.94. The molecule has 9 nitrogen and oxygen atoms in total. The number of aryl methyl sites for hydroxylation is 3. The fraction of sp³-hybridized carbons (Fsp3) is 0.136. The van der Waals surface area contributed by atoms with E-state index in [9.17, 15) is 23.2 Å². The van der Waals surface area contributed by atoms with Crippen molar-refractivity contribution in [2.45, 2.75) is 25.7 Å². The first-order chi connectivity index (χ1) is 15.1. The Balaban J connectivity index is 0.00000385. The van der Waals surface area contributed by atoms with Crippen LogP contribution in [0.3, 0.4) is 0 Å². The summed E-state index contributed by atoms with van der Waals surface area (Å²) in [6.45, 7) is 5.33. The predicted molar refractivity (Wildman–Crippen MR) is 121 cm³/mol. The average Bonchev–Trinajstić information content (AvgIpc) is 2.72. The predicted octanol–water partition coefficient (Wildman–Crippen LogP) is 5.42. The first-order valence-corrected chi connectivity index (χ1v) is 10.9. The molecule has 0 heterocycles. The van der Waals surface area contributed by atoms with Gasteiger partial charge in [0.15, 0.2) is 5.84 Å². The van der Waals surface area contributed by atoms with Gasteiger partial charge >= 0.3 is 17.1 Å². The molecule has 0 saturated carbocycles. The molecule has 0 aromatic heterocycles. The van der Waals surface area contributed by atoms with Gasteiger partial charge in [-0.3, -0.25) is 4.55 Å². The normalized spacial score (nSPS) is 11.9. The zero-order valence-corrected chi connectivity index (χ0v) is 19.6. The van der Waals surface area contributed by atoms with Crippen LogP contribution in [0.15, 0.2) is 74.8 Å². The molecule has 0 aliphatic carbocycles. The van der Waals surface area contributed by atoms with Gasteiger partial charge in [-0.25, -0.2) is 0 Å². The van der Waals surface area contributed by atoms with Crippen molar-refractivity contribution in [3.8, 4) is 11.5 Å². The van der Waals surface area contributed by atoms with Gasteiger partial charge < -0.3 is 20.7 Å². The van der Waals surface area contributed by atoms with Crippen LogP contribution >= 0.6 is 0 Å². The van der Waals surface area contributed by atoms with Gasteiger partial charge in [0.25, 0.3) is 10.1 Å². The summed E-state index contributed by atoms with van der Waals surface area (Å²) >= 11 is 0. The summed E-state index contributed by atoms with van der Waals surface area (Å²) in [6.07, 6.45) is 0. The van der Waals surface area contributed by atoms with Gasteiger partial charge in [0.05, 0.1) is 0 Å². The second kappa shape index (κ2) is 10.6. The van der Waals surface area contributed by atoms with Crippen molar-refractivity contribution in [1.82, 2.24) is 0 Å². The SMILES string of the molecule is Cc1ccc([N-]/N=C(\N=Nc2cc(C)cc(C)c2O)c2ccccc2S(=O)(=O)O)c(O)c1.[Cu+]. The van der Waals surface area contributed by atoms with Crippen LogP contribution in [-0.4, -0.2) is 29.0 Å². The van der Waals surface area contributed by atoms with Crippen LogP contribution in [0.2, 0.25) is 0 Å². The molecule has 0 atom stereocenters. The van der Waals surface area contributed by atoms with Crippen LogP contribution in [-0.2, 0) is 27.2 Å². The van der Waals surface area contributed by atoms with Gasteiger partial charge in [-0.15, -0.1) is 10.2 Å². The topological polar surface area (TPSA) is 146 Å². The number of azo groups is 1. The number of hydrogen-bond donors (Lipinski definition) is 3. The van der Waals surface area contributed by atoms with Crippen LogP contribution in [0.25, 0.3) is 5.43 Å². The Hall–Kier alpha value is -3.24. The van der Waals surface area contributed by atoms with Crippen molar-refractivity contribution in [2.75, 3.05) is 0 Å². The summed E-state index contributed by atoms with van der Waals surface area (Å²) in [5.74, 6) is -0.466. The van der Waals surface area contributed by atoms with Crippen molar-refractivity contribution < 1.29 is 40.3 Å². The smallest absolute Gasteiger partial charge is 0.571 e. The average molecular weight is 517 g/mol. The molecular weight excluding hydrogens is 496 g/mol. The Kier molecular flexibility index (Phi) is 8.34. The van der Waals surface area contributed by atoms with E-state index in [0.29, 0.717) is 5.56 Å². The van der Waals surface area contributed by atoms with Crippen LogP contribution in [0.5, 0.6) is 11.5 Å². The van der Waals surface area contributed by atoms with E-state index in [1.54, 1.807) is 32.0 Å². The van der Waals surface area contributed by atoms with Gasteiger partial charge in [0.1, 0.15) is 22.1 Å². The Morgan fingerprint density at radius 3 is 2.30 bits per heavy atom. The summed E-state index contributed by atoms with van der Waals surface area (Å²) < 4.78 is 33.3. The molecule has 3 N–H and O–H groups in total. The van der Waals surface area contributed by atoms with E-state index in [2.05, 4.69) is 20.8 Å². The molecule has 3 rings (SSSR count). The maximum atomic E-state index is 11.9. The minimum absolute atomic E-state index is 0. The minimum Gasteiger partial charge on any atom is -0.571 e. The number of amidine groups is 1. The number of phenols is 2. The molecule has 0 unspecified atom stereocenters. The van der Waals surface area contributed by atoms with Crippen LogP contribution in [0, 0.1) is 20.8 Å². The van der Waals surface area contributed by atoms with Gasteiger partial charge in [0.2, 0.25) is 0 Å². The van der Waals surface area contributed by atoms with E-state index in [1.165, 1.54) is 36.4 Å². The maximum Gasteiger partial charge on any atom is 1.00 e. The maximum absolute atomic E-state index is 11.9. The van der Waals surface area contributed by atoms with Crippen molar-refractivity contribution in [2.24, 2.45) is 15.3 Å². The largest absolute Gasteiger partial charge is 1.00 e. The molecule has 33 heavy (non-hydrogen) atoms. The number of nitrogens with zero attached hydrogens (tertiary/aromatic N) is 4. The van der Waals surface area contributed by atoms with Gasteiger partial charge in [-0.1, -0.05) is 36.0 Å². The number of benzene rings is 3. The van der Waals surface area contributed by atoms with Gasteiger partial charge in [-0.2, -0.15) is 8.42 Å². The van der Waals surface area contributed by atoms with Gasteiger partial charge in [0, 0.05) is 5.56 Å². The third kappa shape index (κ3) is 6.39. The summed E-state index contributed by atoms with van der Waals surface area (Å²) in [4.78, 5) is -0.439. The summed E-state index contributed by atoms with van der Waals surface area (Å²) in [7, 11) is -4.60. The molecule has 3 aromatic carbocycles. The molecular formula is C22H21CuN4O5S. The third-order valence-corrected chi connectivity index (χ3v) is 5.38. The summed E-state index contributed by atoms with van der Waals surface area (Å²) in [5, 5.41) is 32.4. The van der Waals surface area contributed by atoms with Crippen molar-refractivity contribution >= 4 is 27.3 Å². The van der Waals surface area contributed by atoms with Gasteiger partial charge in [-0.05, 0) is 61.7 Å². The van der Waals surface area contributed by atoms with Crippen molar-refractivity contribution in [1.29, 1.82) is 0 Å². The Bertz CT molecular complexity index is 1340. The van der Waals surface area contributed by atoms with E-state index < -0.39 is 15.0 Å². The molecule has 0 saturated heterocycles. The molecule has 0 aliphatic rings. The zero-order valence-electron chi connectivity index (χ0n) is 17.9. The van der Waals surface area contributed by atoms with Crippen LogP contribution in [0.4, 0.5) is 11.4 Å². The number of phenolic OH excluding ortho intramolecular Hbond substituents is 2. The van der Waals surface area contributed by atoms with E-state index in [-0.39, 0.29) is 51.3 Å². The number of hydrogen-bond acceptors (Lipinski definition) is 6. The first kappa shape index (κ1) is 26.0. The molecule has 3 aromatic rings. The Morgan fingerprint density at radius 1 is 0.939 bits per heavy atom. The quantitative estimate of drug-likeness (QED) is 0.103. The van der Waals surface area contributed by atoms with E-state index in [1.807, 2.05) is 6.92 Å². The Morgan fingerprint density at radius 2 is 1.64 bits per heavy atom. The van der Waals surface area contributed by atoms with E-state index >= 15 is 0 Å². The number of rotatable bonds is 5. The molecule has 176 valence electrons. The van der Waals surface area contributed by atoms with Crippen LogP contribution < -0.4 is 0 Å². The summed E-state index contributed by atoms with van der Waals surface area (Å²) in [5.41, 5.74) is 6.42. The molecule has 0 radical (unpaired) electrons. The molecule has 0 bridgehead atoms. The number of aromatic hydroxyl groups is 2. The van der Waals surface area contributed by atoms with Crippen molar-refractivity contribution in [3.05, 3.63) is 82.3 Å². The third-order valence-electron chi connectivity index (χ3n) is 4.47. The fourth-order valence-corrected chi connectivity index (χ4v) is 3.63. The minimum atomic E-state index is -4.60. The van der Waals surface area contributed by atoms with Crippen LogP contribution in [0.1, 0.15) is 22.3 Å².